The number of anilines is 1. The summed E-state index contributed by atoms with van der Waals surface area (Å²) < 4.78 is 27.8. The summed E-state index contributed by atoms with van der Waals surface area (Å²) in [6.07, 6.45) is -1.07. The molecule has 2 aromatic heterocycles. The molecule has 0 radical (unpaired) electrons. The molecule has 5 unspecified atom stereocenters. The smallest absolute Gasteiger partial charge is 0.756 e. The molecule has 0 saturated carbocycles. The van der Waals surface area contributed by atoms with Crippen molar-refractivity contribution in [2.75, 3.05) is 12.3 Å². The molecule has 0 aromatic carbocycles. The summed E-state index contributed by atoms with van der Waals surface area (Å²) in [5.41, 5.74) is 6.38. The number of nitrogen functional groups attached to an aromatic ring is 1. The fraction of sp³-hybridized carbons (Fsp3) is 0.500. The van der Waals surface area contributed by atoms with Gasteiger partial charge in [0.1, 0.15) is 23.8 Å². The summed E-state index contributed by atoms with van der Waals surface area (Å²) in [5.74, 6) is 0.0443. The van der Waals surface area contributed by atoms with Gasteiger partial charge >= 0.3 is 29.6 Å². The number of aliphatic hydroxyl groups excluding tert-OH is 1. The van der Waals surface area contributed by atoms with Gasteiger partial charge in [-0.25, -0.2) is 9.97 Å². The number of nitrogens with zero attached hydrogens (tertiary/aromatic N) is 4. The first-order valence-corrected chi connectivity index (χ1v) is 7.83. The van der Waals surface area contributed by atoms with Crippen LogP contribution in [0.3, 0.4) is 0 Å². The second kappa shape index (κ2) is 6.03. The fourth-order valence-electron chi connectivity index (χ4n) is 2.58. The molecule has 118 valence electrons. The number of rotatable bonds is 1. The van der Waals surface area contributed by atoms with Crippen molar-refractivity contribution in [1.29, 1.82) is 0 Å². The zero-order chi connectivity index (χ0) is 15.5. The van der Waals surface area contributed by atoms with Crippen molar-refractivity contribution < 1.29 is 57.9 Å². The SMILES string of the molecule is Nc1ncc2ncn(C3OC4COP(=O)([O-])OC4C3O)c2n1.[Na+]. The molecule has 0 bridgehead atoms. The molecular formula is C10H11N5NaO6P. The van der Waals surface area contributed by atoms with Crippen LogP contribution in [0.15, 0.2) is 12.5 Å². The van der Waals surface area contributed by atoms with Crippen LogP contribution in [0.25, 0.3) is 11.2 Å². The minimum Gasteiger partial charge on any atom is -0.756 e. The molecule has 2 saturated heterocycles. The van der Waals surface area contributed by atoms with Gasteiger partial charge in [0.05, 0.1) is 19.1 Å². The van der Waals surface area contributed by atoms with Crippen LogP contribution in [0.1, 0.15) is 6.23 Å². The van der Waals surface area contributed by atoms with Crippen molar-refractivity contribution in [1.82, 2.24) is 19.5 Å². The van der Waals surface area contributed by atoms with E-state index in [-0.39, 0.29) is 42.1 Å². The second-order valence-corrected chi connectivity index (χ2v) is 6.32. The third-order valence-electron chi connectivity index (χ3n) is 3.57. The van der Waals surface area contributed by atoms with Crippen molar-refractivity contribution in [3.8, 4) is 0 Å². The van der Waals surface area contributed by atoms with E-state index >= 15 is 0 Å². The van der Waals surface area contributed by atoms with Crippen LogP contribution in [0, 0.1) is 0 Å². The Morgan fingerprint density at radius 1 is 1.48 bits per heavy atom. The summed E-state index contributed by atoms with van der Waals surface area (Å²) >= 11 is 0. The van der Waals surface area contributed by atoms with Gasteiger partial charge in [-0.3, -0.25) is 9.13 Å². The largest absolute Gasteiger partial charge is 1.00 e. The van der Waals surface area contributed by atoms with Gasteiger partial charge in [0.15, 0.2) is 11.9 Å². The molecule has 3 N–H and O–H groups in total. The molecular weight excluding hydrogens is 340 g/mol. The zero-order valence-electron chi connectivity index (χ0n) is 12.0. The number of aliphatic hydroxyl groups is 1. The predicted molar refractivity (Wildman–Crippen MR) is 68.1 cm³/mol. The van der Waals surface area contributed by atoms with Crippen molar-refractivity contribution in [3.63, 3.8) is 0 Å². The van der Waals surface area contributed by atoms with Crippen LogP contribution in [0.5, 0.6) is 0 Å². The van der Waals surface area contributed by atoms with E-state index in [9.17, 15) is 14.6 Å². The minimum atomic E-state index is -4.41. The van der Waals surface area contributed by atoms with Gasteiger partial charge < -0.3 is 29.5 Å². The van der Waals surface area contributed by atoms with Gasteiger partial charge in [-0.1, -0.05) is 0 Å². The number of imidazole rings is 1. The molecule has 0 amide bonds. The third-order valence-corrected chi connectivity index (χ3v) is 4.53. The van der Waals surface area contributed by atoms with E-state index in [4.69, 9.17) is 15.0 Å². The first-order valence-electron chi connectivity index (χ1n) is 6.37. The number of fused-ring (bicyclic) bond motifs is 2. The van der Waals surface area contributed by atoms with E-state index in [1.54, 1.807) is 0 Å². The van der Waals surface area contributed by atoms with E-state index in [1.807, 2.05) is 0 Å². The molecule has 11 nitrogen and oxygen atoms in total. The number of ether oxygens (including phenoxy) is 1. The topological polar surface area (TPSA) is 158 Å². The molecule has 0 aliphatic carbocycles. The van der Waals surface area contributed by atoms with E-state index in [1.165, 1.54) is 17.1 Å². The van der Waals surface area contributed by atoms with Crippen LogP contribution in [0.2, 0.25) is 0 Å². The van der Waals surface area contributed by atoms with Crippen molar-refractivity contribution in [3.05, 3.63) is 12.5 Å². The van der Waals surface area contributed by atoms with E-state index in [0.717, 1.165) is 0 Å². The number of phosphoric acid groups is 1. The quantitative estimate of drug-likeness (QED) is 0.379. The Kier molecular flexibility index (Phi) is 4.51. The summed E-state index contributed by atoms with van der Waals surface area (Å²) in [6, 6.07) is 0. The number of hydrogen-bond acceptors (Lipinski definition) is 10. The summed E-state index contributed by atoms with van der Waals surface area (Å²) in [4.78, 5) is 23.3. The average Bonchev–Trinajstić information content (AvgIpc) is 3.00. The molecule has 2 aliphatic rings. The number of hydrogen-bond donors (Lipinski definition) is 2. The Labute approximate surface area is 151 Å². The Morgan fingerprint density at radius 2 is 2.26 bits per heavy atom. The van der Waals surface area contributed by atoms with E-state index in [2.05, 4.69) is 19.5 Å². The van der Waals surface area contributed by atoms with Crippen LogP contribution in [-0.4, -0.2) is 49.5 Å². The Hall–Kier alpha value is -0.620. The molecule has 2 aromatic rings. The molecule has 2 fully saturated rings. The molecule has 5 atom stereocenters. The maximum atomic E-state index is 11.3. The van der Waals surface area contributed by atoms with Crippen molar-refractivity contribution in [2.24, 2.45) is 0 Å². The second-order valence-electron chi connectivity index (χ2n) is 4.96. The van der Waals surface area contributed by atoms with Crippen molar-refractivity contribution in [2.45, 2.75) is 24.5 Å². The Balaban J connectivity index is 0.00000156. The normalized spacial score (nSPS) is 36.6. The van der Waals surface area contributed by atoms with Gasteiger partial charge in [-0.15, -0.1) is 0 Å². The van der Waals surface area contributed by atoms with E-state index in [0.29, 0.717) is 11.2 Å². The van der Waals surface area contributed by atoms with Gasteiger partial charge in [-0.05, 0) is 0 Å². The summed E-state index contributed by atoms with van der Waals surface area (Å²) in [6.45, 7) is -0.219. The molecule has 13 heteroatoms. The first-order chi connectivity index (χ1) is 10.4. The van der Waals surface area contributed by atoms with E-state index < -0.39 is 32.4 Å². The standard InChI is InChI=1S/C10H12N5O6P.Na/c11-10-12-1-4-8(14-10)15(3-13-4)9-6(16)7-5(20-9)2-19-22(17,18)21-7;/h1,3,5-7,9,16H,2H2,(H,17,18)(H2,11,12,14);/q;+1/p-1. The molecule has 4 heterocycles. The molecule has 2 aliphatic heterocycles. The maximum Gasteiger partial charge on any atom is 1.00 e. The van der Waals surface area contributed by atoms with Crippen molar-refractivity contribution >= 4 is 24.9 Å². The fourth-order valence-corrected chi connectivity index (χ4v) is 3.53. The zero-order valence-corrected chi connectivity index (χ0v) is 14.9. The molecule has 4 rings (SSSR count). The summed E-state index contributed by atoms with van der Waals surface area (Å²) in [5, 5.41) is 10.3. The van der Waals surface area contributed by atoms with Crippen LogP contribution in [0.4, 0.5) is 5.95 Å². The average molecular weight is 351 g/mol. The number of nitrogens with two attached hydrogens (primary N) is 1. The van der Waals surface area contributed by atoms with Gasteiger partial charge in [0.2, 0.25) is 5.95 Å². The molecule has 23 heavy (non-hydrogen) atoms. The Bertz CT molecular complexity index is 788. The van der Waals surface area contributed by atoms with Gasteiger partial charge in [0, 0.05) is 0 Å². The minimum absolute atomic E-state index is 0. The van der Waals surface area contributed by atoms with Crippen LogP contribution in [-0.2, 0) is 18.3 Å². The van der Waals surface area contributed by atoms with Crippen LogP contribution >= 0.6 is 7.82 Å². The van der Waals surface area contributed by atoms with Gasteiger partial charge in [-0.2, -0.15) is 4.98 Å². The molecule has 0 spiro atoms. The maximum absolute atomic E-state index is 11.3. The summed E-state index contributed by atoms with van der Waals surface area (Å²) in [7, 11) is -4.41. The number of phosphoric ester groups is 1. The van der Waals surface area contributed by atoms with Gasteiger partial charge in [0.25, 0.3) is 7.82 Å². The first kappa shape index (κ1) is 17.2. The monoisotopic (exact) mass is 351 g/mol. The van der Waals surface area contributed by atoms with Crippen LogP contribution < -0.4 is 40.2 Å². The predicted octanol–water partition coefficient (Wildman–Crippen LogP) is -4.45. The Morgan fingerprint density at radius 3 is 3.04 bits per heavy atom. The number of aromatic nitrogens is 4. The third kappa shape index (κ3) is 2.93.